The monoisotopic (exact) mass is 278 g/mol. The molecule has 0 spiro atoms. The van der Waals surface area contributed by atoms with Gasteiger partial charge < -0.3 is 14.2 Å². The maximum atomic E-state index is 11.9. The van der Waals surface area contributed by atoms with Crippen molar-refractivity contribution in [1.29, 1.82) is 0 Å². The summed E-state index contributed by atoms with van der Waals surface area (Å²) in [6, 6.07) is 0. The van der Waals surface area contributed by atoms with E-state index < -0.39 is 40.7 Å². The van der Waals surface area contributed by atoms with Crippen LogP contribution in [-0.4, -0.2) is 52.2 Å². The third-order valence-corrected chi connectivity index (χ3v) is 3.42. The lowest BCUT2D eigenvalue weighted by Crippen LogP contribution is -2.31. The summed E-state index contributed by atoms with van der Waals surface area (Å²) < 4.78 is 75.8. The zero-order valence-electron chi connectivity index (χ0n) is 8.51. The second kappa shape index (κ2) is 4.05. The number of fused-ring (bicyclic) bond motifs is 1. The van der Waals surface area contributed by atoms with Gasteiger partial charge in [0.05, 0.1) is 6.61 Å². The quantitative estimate of drug-likeness (QED) is 0.409. The first-order valence-corrected chi connectivity index (χ1v) is 5.96. The van der Waals surface area contributed by atoms with Crippen molar-refractivity contribution in [2.45, 2.75) is 30.1 Å². The number of alkyl halides is 3. The molecule has 2 saturated heterocycles. The normalized spacial score (nSPS) is 36.9. The SMILES string of the molecule is CO[C@@H]1O[C@H](COS(=O)(=O)C(F)(F)F)[C@H]2O[C@@H]12. The Morgan fingerprint density at radius 2 is 1.88 bits per heavy atom. The van der Waals surface area contributed by atoms with Crippen molar-refractivity contribution in [2.75, 3.05) is 13.7 Å². The molecular weight excluding hydrogens is 269 g/mol. The Bertz CT molecular complexity index is 393. The highest BCUT2D eigenvalue weighted by Gasteiger charge is 2.59. The molecule has 0 aromatic heterocycles. The summed E-state index contributed by atoms with van der Waals surface area (Å²) >= 11 is 0. The number of halogens is 3. The Kier molecular flexibility index (Phi) is 3.11. The molecule has 2 rings (SSSR count). The van der Waals surface area contributed by atoms with Gasteiger partial charge in [0.1, 0.15) is 18.3 Å². The molecule has 0 amide bonds. The van der Waals surface area contributed by atoms with E-state index in [-0.39, 0.29) is 6.10 Å². The van der Waals surface area contributed by atoms with Crippen LogP contribution in [0.1, 0.15) is 0 Å². The lowest BCUT2D eigenvalue weighted by molar-refractivity contribution is -0.165. The highest BCUT2D eigenvalue weighted by molar-refractivity contribution is 7.87. The first-order valence-electron chi connectivity index (χ1n) is 4.55. The molecule has 2 heterocycles. The summed E-state index contributed by atoms with van der Waals surface area (Å²) in [6.07, 6.45) is -2.39. The molecule has 0 saturated carbocycles. The maximum absolute atomic E-state index is 11.9. The fourth-order valence-electron chi connectivity index (χ4n) is 1.53. The summed E-state index contributed by atoms with van der Waals surface area (Å²) in [6.45, 7) is -0.747. The predicted molar refractivity (Wildman–Crippen MR) is 45.3 cm³/mol. The van der Waals surface area contributed by atoms with Crippen LogP contribution in [0.25, 0.3) is 0 Å². The van der Waals surface area contributed by atoms with Crippen molar-refractivity contribution < 1.29 is 40.0 Å². The summed E-state index contributed by atoms with van der Waals surface area (Å²) in [7, 11) is -4.24. The van der Waals surface area contributed by atoms with Crippen LogP contribution in [0.5, 0.6) is 0 Å². The van der Waals surface area contributed by atoms with Crippen molar-refractivity contribution in [2.24, 2.45) is 0 Å². The molecule has 0 aromatic rings. The van der Waals surface area contributed by atoms with Gasteiger partial charge in [-0.15, -0.1) is 0 Å². The smallest absolute Gasteiger partial charge is 0.361 e. The van der Waals surface area contributed by atoms with E-state index in [1.165, 1.54) is 7.11 Å². The van der Waals surface area contributed by atoms with Gasteiger partial charge >= 0.3 is 15.6 Å². The summed E-state index contributed by atoms with van der Waals surface area (Å²) in [5.74, 6) is 0. The first kappa shape index (κ1) is 13.0. The van der Waals surface area contributed by atoms with Gasteiger partial charge in [-0.1, -0.05) is 0 Å². The number of hydrogen-bond acceptors (Lipinski definition) is 6. The second-order valence-corrected chi connectivity index (χ2v) is 5.14. The molecule has 0 bridgehead atoms. The molecular formula is C7H9F3O6S. The van der Waals surface area contributed by atoms with Crippen LogP contribution < -0.4 is 0 Å². The van der Waals surface area contributed by atoms with Crippen LogP contribution in [0.15, 0.2) is 0 Å². The van der Waals surface area contributed by atoms with Crippen molar-refractivity contribution in [1.82, 2.24) is 0 Å². The van der Waals surface area contributed by atoms with E-state index in [0.717, 1.165) is 0 Å². The predicted octanol–water partition coefficient (Wildman–Crippen LogP) is -0.00870. The van der Waals surface area contributed by atoms with E-state index in [1.807, 2.05) is 0 Å². The molecule has 0 N–H and O–H groups in total. The van der Waals surface area contributed by atoms with Crippen molar-refractivity contribution in [3.63, 3.8) is 0 Å². The number of epoxide rings is 1. The van der Waals surface area contributed by atoms with Gasteiger partial charge in [-0.2, -0.15) is 21.6 Å². The average Bonchev–Trinajstić information content (AvgIpc) is 2.91. The Morgan fingerprint density at radius 1 is 1.24 bits per heavy atom. The molecule has 0 aromatic carbocycles. The molecule has 2 aliphatic heterocycles. The number of methoxy groups -OCH3 is 1. The highest BCUT2D eigenvalue weighted by atomic mass is 32.2. The van der Waals surface area contributed by atoms with Crippen molar-refractivity contribution in [3.05, 3.63) is 0 Å². The average molecular weight is 278 g/mol. The minimum atomic E-state index is -5.59. The largest absolute Gasteiger partial charge is 0.523 e. The minimum Gasteiger partial charge on any atom is -0.361 e. The molecule has 0 unspecified atom stereocenters. The summed E-state index contributed by atoms with van der Waals surface area (Å²) in [5, 5.41) is 0. The van der Waals surface area contributed by atoms with Gasteiger partial charge in [-0.3, -0.25) is 4.18 Å². The van der Waals surface area contributed by atoms with Gasteiger partial charge in [-0.05, 0) is 0 Å². The Hall–Kier alpha value is -0.420. The van der Waals surface area contributed by atoms with Crippen LogP contribution in [0.4, 0.5) is 13.2 Å². The van der Waals surface area contributed by atoms with Crippen LogP contribution in [0, 0.1) is 0 Å². The second-order valence-electron chi connectivity index (χ2n) is 3.53. The topological polar surface area (TPSA) is 74.4 Å². The van der Waals surface area contributed by atoms with E-state index in [2.05, 4.69) is 4.18 Å². The Morgan fingerprint density at radius 3 is 2.35 bits per heavy atom. The standard InChI is InChI=1S/C7H9F3O6S/c1-13-6-5-4(16-5)3(15-6)2-14-17(11,12)7(8,9)10/h3-6H,2H2,1H3/t3-,4-,5-,6-/m1/s1. The van der Waals surface area contributed by atoms with E-state index in [9.17, 15) is 21.6 Å². The van der Waals surface area contributed by atoms with Crippen molar-refractivity contribution >= 4 is 10.1 Å². The zero-order valence-corrected chi connectivity index (χ0v) is 9.32. The number of hydrogen-bond donors (Lipinski definition) is 0. The van der Waals surface area contributed by atoms with E-state index in [0.29, 0.717) is 0 Å². The van der Waals surface area contributed by atoms with Gasteiger partial charge in [0.15, 0.2) is 6.29 Å². The molecule has 4 atom stereocenters. The molecule has 10 heteroatoms. The van der Waals surface area contributed by atoms with Crippen molar-refractivity contribution in [3.8, 4) is 0 Å². The Labute approximate surface area is 94.7 Å². The summed E-state index contributed by atoms with van der Waals surface area (Å²) in [4.78, 5) is 0. The third kappa shape index (κ3) is 2.40. The Balaban J connectivity index is 1.89. The van der Waals surface area contributed by atoms with E-state index in [4.69, 9.17) is 14.2 Å². The van der Waals surface area contributed by atoms with E-state index in [1.54, 1.807) is 0 Å². The number of ether oxygens (including phenoxy) is 3. The van der Waals surface area contributed by atoms with Crippen LogP contribution >= 0.6 is 0 Å². The lowest BCUT2D eigenvalue weighted by Gasteiger charge is -2.16. The van der Waals surface area contributed by atoms with E-state index >= 15 is 0 Å². The molecule has 6 nitrogen and oxygen atoms in total. The first-order chi connectivity index (χ1) is 7.76. The number of rotatable bonds is 4. The van der Waals surface area contributed by atoms with Gasteiger partial charge in [0.25, 0.3) is 0 Å². The lowest BCUT2D eigenvalue weighted by atomic mass is 10.2. The molecule has 0 radical (unpaired) electrons. The summed E-state index contributed by atoms with van der Waals surface area (Å²) in [5.41, 5.74) is -5.43. The van der Waals surface area contributed by atoms with Crippen LogP contribution in [-0.2, 0) is 28.5 Å². The van der Waals surface area contributed by atoms with Crippen LogP contribution in [0.2, 0.25) is 0 Å². The molecule has 17 heavy (non-hydrogen) atoms. The highest BCUT2D eigenvalue weighted by Crippen LogP contribution is 2.40. The molecule has 100 valence electrons. The zero-order chi connectivity index (χ0) is 12.8. The minimum absolute atomic E-state index is 0.359. The van der Waals surface area contributed by atoms with Gasteiger partial charge in [-0.25, -0.2) is 0 Å². The molecule has 2 fully saturated rings. The molecule has 2 aliphatic rings. The van der Waals surface area contributed by atoms with Gasteiger partial charge in [0.2, 0.25) is 0 Å². The van der Waals surface area contributed by atoms with Gasteiger partial charge in [0, 0.05) is 7.11 Å². The fraction of sp³-hybridized carbons (Fsp3) is 1.00. The third-order valence-electron chi connectivity index (χ3n) is 2.41. The maximum Gasteiger partial charge on any atom is 0.523 e. The fourth-order valence-corrected chi connectivity index (χ4v) is 1.98. The molecule has 0 aliphatic carbocycles. The van der Waals surface area contributed by atoms with Crippen LogP contribution in [0.3, 0.4) is 0 Å².